The number of methoxy groups -OCH3 is 1. The van der Waals surface area contributed by atoms with E-state index in [1.54, 1.807) is 13.2 Å². The van der Waals surface area contributed by atoms with Crippen LogP contribution in [0.15, 0.2) is 24.4 Å². The van der Waals surface area contributed by atoms with E-state index in [0.29, 0.717) is 40.1 Å². The summed E-state index contributed by atoms with van der Waals surface area (Å²) >= 11 is 8.52. The van der Waals surface area contributed by atoms with Gasteiger partial charge in [-0.3, -0.25) is 14.6 Å². The zero-order chi connectivity index (χ0) is 25.5. The molecule has 2 aromatic rings. The summed E-state index contributed by atoms with van der Waals surface area (Å²) in [5.41, 5.74) is 1.18. The van der Waals surface area contributed by atoms with Crippen LogP contribution in [0.4, 0.5) is 0 Å². The van der Waals surface area contributed by atoms with Gasteiger partial charge in [-0.25, -0.2) is 0 Å². The van der Waals surface area contributed by atoms with Crippen LogP contribution in [0.5, 0.6) is 5.75 Å². The Labute approximate surface area is 223 Å². The number of nitrogens with zero attached hydrogens (tertiary/aromatic N) is 2. The summed E-state index contributed by atoms with van der Waals surface area (Å²) in [6.07, 6.45) is 10.4. The Morgan fingerprint density at radius 1 is 1.19 bits per heavy atom. The number of ether oxygens (including phenoxy) is 1. The number of halogens is 1. The molecule has 1 aromatic heterocycles. The topological polar surface area (TPSA) is 79.7 Å². The molecule has 4 rings (SSSR count). The fourth-order valence-electron chi connectivity index (χ4n) is 5.77. The van der Waals surface area contributed by atoms with E-state index in [2.05, 4.69) is 21.6 Å². The van der Waals surface area contributed by atoms with Crippen LogP contribution in [0.25, 0.3) is 10.9 Å². The maximum atomic E-state index is 13.3. The molecule has 0 amide bonds. The summed E-state index contributed by atoms with van der Waals surface area (Å²) < 4.78 is 5.33. The zero-order valence-electron chi connectivity index (χ0n) is 21.1. The number of piperidine rings is 1. The third kappa shape index (κ3) is 7.14. The molecule has 1 saturated heterocycles. The molecule has 8 heteroatoms. The number of hydrogen-bond donors (Lipinski definition) is 1. The molecule has 6 nitrogen and oxygen atoms in total. The Bertz CT molecular complexity index is 1060. The minimum absolute atomic E-state index is 0.0268. The first-order chi connectivity index (χ1) is 17.4. The van der Waals surface area contributed by atoms with E-state index in [-0.39, 0.29) is 24.0 Å². The number of Topliss-reactive ketones (excluding diaryl/α,β-unsaturated/α-hetero) is 1. The van der Waals surface area contributed by atoms with E-state index in [1.807, 2.05) is 12.1 Å². The molecule has 1 saturated carbocycles. The Balaban J connectivity index is 1.36. The zero-order valence-corrected chi connectivity index (χ0v) is 22.7. The van der Waals surface area contributed by atoms with E-state index < -0.39 is 5.97 Å². The molecule has 0 spiro atoms. The van der Waals surface area contributed by atoms with Crippen molar-refractivity contribution in [2.45, 2.75) is 63.0 Å². The molecule has 2 fully saturated rings. The number of thioether (sulfide) groups is 1. The molecular weight excluding hydrogens is 496 g/mol. The molecule has 2 atom stereocenters. The summed E-state index contributed by atoms with van der Waals surface area (Å²) in [6.45, 7) is 2.78. The molecule has 1 N–H and O–H groups in total. The SMILES string of the molecule is COc1ccc2ncc(Cl)c(C(=O)CC[C@@H]3CCN(CCSC4CCCCC4)C[C@@H]3CC(=O)O)c2c1. The Morgan fingerprint density at radius 3 is 2.75 bits per heavy atom. The standard InChI is InChI=1S/C28H37ClN2O4S/c1-35-21-8-9-25-23(16-21)28(24(29)17-30-25)26(32)10-7-19-11-12-31(18-20(19)15-27(33)34)13-14-36-22-5-3-2-4-6-22/h8-9,16-17,19-20,22H,2-7,10-15,18H2,1H3,(H,33,34)/t19-,20+/m1/s1. The molecule has 2 heterocycles. The van der Waals surface area contributed by atoms with Gasteiger partial charge in [0.25, 0.3) is 0 Å². The van der Waals surface area contributed by atoms with Crippen molar-refractivity contribution in [3.8, 4) is 5.75 Å². The van der Waals surface area contributed by atoms with Crippen LogP contribution in [0.2, 0.25) is 5.02 Å². The second kappa shape index (κ2) is 13.1. The minimum Gasteiger partial charge on any atom is -0.497 e. The maximum Gasteiger partial charge on any atom is 0.303 e. The molecule has 1 aliphatic carbocycles. The van der Waals surface area contributed by atoms with E-state index in [0.717, 1.165) is 37.1 Å². The monoisotopic (exact) mass is 532 g/mol. The smallest absolute Gasteiger partial charge is 0.303 e. The lowest BCUT2D eigenvalue weighted by atomic mass is 9.79. The number of ketones is 1. The summed E-state index contributed by atoms with van der Waals surface area (Å²) in [6, 6.07) is 5.44. The third-order valence-electron chi connectivity index (χ3n) is 7.78. The van der Waals surface area contributed by atoms with E-state index >= 15 is 0 Å². The number of carboxylic acid groups (broad SMARTS) is 1. The Morgan fingerprint density at radius 2 is 2.00 bits per heavy atom. The number of hydrogen-bond acceptors (Lipinski definition) is 6. The highest BCUT2D eigenvalue weighted by atomic mass is 35.5. The number of rotatable bonds is 11. The number of pyridine rings is 1. The van der Waals surface area contributed by atoms with Gasteiger partial charge in [-0.1, -0.05) is 30.9 Å². The molecule has 1 aromatic carbocycles. The van der Waals surface area contributed by atoms with E-state index in [1.165, 1.54) is 38.3 Å². The van der Waals surface area contributed by atoms with Crippen LogP contribution in [-0.2, 0) is 4.79 Å². The molecule has 2 aliphatic rings. The molecule has 1 aliphatic heterocycles. The highest BCUT2D eigenvalue weighted by Crippen LogP contribution is 2.34. The van der Waals surface area contributed by atoms with Gasteiger partial charge in [-0.05, 0) is 62.3 Å². The lowest BCUT2D eigenvalue weighted by molar-refractivity contribution is -0.139. The van der Waals surface area contributed by atoms with Crippen molar-refractivity contribution in [1.29, 1.82) is 0 Å². The van der Waals surface area contributed by atoms with Crippen LogP contribution in [0.1, 0.15) is 68.1 Å². The van der Waals surface area contributed by atoms with Crippen LogP contribution >= 0.6 is 23.4 Å². The predicted octanol–water partition coefficient (Wildman–Crippen LogP) is 6.34. The van der Waals surface area contributed by atoms with E-state index in [9.17, 15) is 14.7 Å². The van der Waals surface area contributed by atoms with Gasteiger partial charge < -0.3 is 14.7 Å². The highest BCUT2D eigenvalue weighted by Gasteiger charge is 2.31. The lowest BCUT2D eigenvalue weighted by Crippen LogP contribution is -2.42. The fraction of sp³-hybridized carbons (Fsp3) is 0.607. The molecular formula is C28H37ClN2O4S. The van der Waals surface area contributed by atoms with E-state index in [4.69, 9.17) is 16.3 Å². The van der Waals surface area contributed by atoms with Gasteiger partial charge in [-0.15, -0.1) is 0 Å². The van der Waals surface area contributed by atoms with Crippen LogP contribution in [0.3, 0.4) is 0 Å². The Hall–Kier alpha value is -1.83. The molecule has 196 valence electrons. The molecule has 36 heavy (non-hydrogen) atoms. The van der Waals surface area contributed by atoms with Crippen LogP contribution in [0, 0.1) is 11.8 Å². The van der Waals surface area contributed by atoms with Crippen molar-refractivity contribution in [2.24, 2.45) is 11.8 Å². The van der Waals surface area contributed by atoms with Crippen molar-refractivity contribution in [3.63, 3.8) is 0 Å². The van der Waals surface area contributed by atoms with Gasteiger partial charge >= 0.3 is 5.97 Å². The van der Waals surface area contributed by atoms with Crippen molar-refractivity contribution >= 4 is 46.0 Å². The summed E-state index contributed by atoms with van der Waals surface area (Å²) in [5.74, 6) is 1.26. The van der Waals surface area contributed by atoms with Gasteiger partial charge in [0.15, 0.2) is 5.78 Å². The largest absolute Gasteiger partial charge is 0.497 e. The van der Waals surface area contributed by atoms with Gasteiger partial charge in [0.1, 0.15) is 5.75 Å². The van der Waals surface area contributed by atoms with Crippen LogP contribution < -0.4 is 4.74 Å². The van der Waals surface area contributed by atoms with Crippen LogP contribution in [-0.4, -0.2) is 64.5 Å². The quantitative estimate of drug-likeness (QED) is 0.338. The number of likely N-dealkylation sites (tertiary alicyclic amines) is 1. The van der Waals surface area contributed by atoms with Crippen molar-refractivity contribution < 1.29 is 19.4 Å². The normalized spacial score (nSPS) is 21.5. The summed E-state index contributed by atoms with van der Waals surface area (Å²) in [5, 5.41) is 11.4. The van der Waals surface area contributed by atoms with Gasteiger partial charge in [0.05, 0.1) is 17.6 Å². The van der Waals surface area contributed by atoms with Crippen molar-refractivity contribution in [1.82, 2.24) is 9.88 Å². The first kappa shape index (κ1) is 27.2. The second-order valence-corrected chi connectivity index (χ2v) is 12.0. The molecule has 0 bridgehead atoms. The second-order valence-electron chi connectivity index (χ2n) is 10.2. The Kier molecular flexibility index (Phi) is 9.91. The number of carbonyl (C=O) groups excluding carboxylic acids is 1. The average molecular weight is 533 g/mol. The van der Waals surface area contributed by atoms with Crippen molar-refractivity contribution in [3.05, 3.63) is 35.0 Å². The predicted molar refractivity (Wildman–Crippen MR) is 146 cm³/mol. The fourth-order valence-corrected chi connectivity index (χ4v) is 7.39. The van der Waals surface area contributed by atoms with Gasteiger partial charge in [0.2, 0.25) is 0 Å². The number of aliphatic carboxylic acids is 1. The number of aromatic nitrogens is 1. The third-order valence-corrected chi connectivity index (χ3v) is 9.42. The van der Waals surface area contributed by atoms with Gasteiger partial charge in [-0.2, -0.15) is 11.8 Å². The van der Waals surface area contributed by atoms with Gasteiger partial charge in [0, 0.05) is 54.1 Å². The van der Waals surface area contributed by atoms with Crippen molar-refractivity contribution in [2.75, 3.05) is 32.5 Å². The summed E-state index contributed by atoms with van der Waals surface area (Å²) in [7, 11) is 1.59. The lowest BCUT2D eigenvalue weighted by Gasteiger charge is -2.38. The molecule has 0 unspecified atom stereocenters. The first-order valence-corrected chi connectivity index (χ1v) is 14.6. The number of fused-ring (bicyclic) bond motifs is 1. The first-order valence-electron chi connectivity index (χ1n) is 13.2. The highest BCUT2D eigenvalue weighted by molar-refractivity contribution is 7.99. The maximum absolute atomic E-state index is 13.3. The number of carboxylic acids is 1. The number of carbonyl (C=O) groups is 2. The number of benzene rings is 1. The summed E-state index contributed by atoms with van der Waals surface area (Å²) in [4.78, 5) is 31.7. The average Bonchev–Trinajstić information content (AvgIpc) is 2.88. The molecule has 0 radical (unpaired) electrons. The minimum atomic E-state index is -0.759.